The average Bonchev–Trinajstić information content (AvgIpc) is 3.01. The summed E-state index contributed by atoms with van der Waals surface area (Å²) in [6, 6.07) is 1.30. The first-order valence-electron chi connectivity index (χ1n) is 6.73. The summed E-state index contributed by atoms with van der Waals surface area (Å²) in [5, 5.41) is 8.78. The highest BCUT2D eigenvalue weighted by molar-refractivity contribution is 5.85. The maximum atomic E-state index is 13.4. The van der Waals surface area contributed by atoms with Crippen molar-refractivity contribution in [2.75, 3.05) is 5.73 Å². The highest BCUT2D eigenvalue weighted by Crippen LogP contribution is 2.40. The lowest BCUT2D eigenvalue weighted by Gasteiger charge is -2.13. The van der Waals surface area contributed by atoms with Gasteiger partial charge in [-0.2, -0.15) is 4.39 Å². The predicted molar refractivity (Wildman–Crippen MR) is 72.8 cm³/mol. The number of aromatic nitrogens is 3. The molecule has 0 spiro atoms. The molecule has 4 N–H and O–H groups in total. The van der Waals surface area contributed by atoms with Gasteiger partial charge in [0.1, 0.15) is 5.52 Å². The molecule has 3 atom stereocenters. The van der Waals surface area contributed by atoms with Gasteiger partial charge >= 0.3 is 0 Å². The first-order valence-corrected chi connectivity index (χ1v) is 6.73. The number of fused-ring (bicyclic) bond motifs is 1. The van der Waals surface area contributed by atoms with Crippen LogP contribution in [0.4, 0.5) is 10.2 Å². The number of hydrogen-bond donors (Lipinski definition) is 3. The topological polar surface area (TPSA) is 106 Å². The van der Waals surface area contributed by atoms with E-state index in [1.54, 1.807) is 11.8 Å². The minimum Gasteiger partial charge on any atom is -0.382 e. The molecule has 1 aliphatic carbocycles. The van der Waals surface area contributed by atoms with Crippen LogP contribution in [0.1, 0.15) is 25.8 Å². The second-order valence-electron chi connectivity index (χ2n) is 5.53. The van der Waals surface area contributed by atoms with Crippen LogP contribution < -0.4 is 11.2 Å². The number of nitrogen functional groups attached to an aromatic ring is 1. The summed E-state index contributed by atoms with van der Waals surface area (Å²) >= 11 is 0. The maximum absolute atomic E-state index is 13.4. The molecular formula is C13H16FN5O2. The number of pyridine rings is 1. The number of hydroxylamine groups is 1. The van der Waals surface area contributed by atoms with Crippen molar-refractivity contribution in [1.82, 2.24) is 20.0 Å². The van der Waals surface area contributed by atoms with Crippen molar-refractivity contribution in [2.45, 2.75) is 25.8 Å². The van der Waals surface area contributed by atoms with E-state index in [1.165, 1.54) is 6.07 Å². The molecule has 21 heavy (non-hydrogen) atoms. The van der Waals surface area contributed by atoms with Gasteiger partial charge in [-0.25, -0.2) is 15.4 Å². The van der Waals surface area contributed by atoms with Gasteiger partial charge in [-0.3, -0.25) is 10.0 Å². The van der Waals surface area contributed by atoms with Gasteiger partial charge in [-0.15, -0.1) is 0 Å². The summed E-state index contributed by atoms with van der Waals surface area (Å²) in [6.45, 7) is 1.95. The second-order valence-corrected chi connectivity index (χ2v) is 5.53. The van der Waals surface area contributed by atoms with E-state index in [9.17, 15) is 9.18 Å². The number of carbonyl (C=O) groups is 1. The number of nitrogens with one attached hydrogen (secondary N) is 1. The lowest BCUT2D eigenvalue weighted by atomic mass is 9.98. The highest BCUT2D eigenvalue weighted by Gasteiger charge is 2.37. The molecule has 2 aromatic rings. The van der Waals surface area contributed by atoms with Crippen LogP contribution in [0, 0.1) is 17.8 Å². The Labute approximate surface area is 119 Å². The zero-order valence-electron chi connectivity index (χ0n) is 11.5. The molecule has 112 valence electrons. The summed E-state index contributed by atoms with van der Waals surface area (Å²) in [4.78, 5) is 19.4. The fraction of sp³-hybridized carbons (Fsp3) is 0.462. The Hall–Kier alpha value is -2.22. The van der Waals surface area contributed by atoms with Crippen molar-refractivity contribution in [3.63, 3.8) is 0 Å². The number of imidazole rings is 1. The SMILES string of the molecule is C[C@H]1C[C@@H](n2cnc3c(N)nc(F)cc32)C[C@@H]1C(=O)NO. The zero-order valence-corrected chi connectivity index (χ0v) is 11.5. The van der Waals surface area contributed by atoms with E-state index in [0.717, 1.165) is 6.42 Å². The van der Waals surface area contributed by atoms with Crippen molar-refractivity contribution in [2.24, 2.45) is 11.8 Å². The van der Waals surface area contributed by atoms with Crippen molar-refractivity contribution >= 4 is 22.8 Å². The van der Waals surface area contributed by atoms with Crippen molar-refractivity contribution in [3.8, 4) is 0 Å². The van der Waals surface area contributed by atoms with Crippen LogP contribution in [0.3, 0.4) is 0 Å². The third-order valence-electron chi connectivity index (χ3n) is 4.25. The van der Waals surface area contributed by atoms with Crippen LogP contribution in [0.2, 0.25) is 0 Å². The van der Waals surface area contributed by atoms with E-state index in [-0.39, 0.29) is 29.6 Å². The molecule has 1 aliphatic rings. The molecule has 0 unspecified atom stereocenters. The monoisotopic (exact) mass is 293 g/mol. The van der Waals surface area contributed by atoms with Crippen molar-refractivity contribution in [3.05, 3.63) is 18.3 Å². The van der Waals surface area contributed by atoms with Gasteiger partial charge < -0.3 is 10.3 Å². The molecule has 7 nitrogen and oxygen atoms in total. The number of hydrogen-bond acceptors (Lipinski definition) is 5. The van der Waals surface area contributed by atoms with Gasteiger partial charge in [0, 0.05) is 18.0 Å². The van der Waals surface area contributed by atoms with Crippen LogP contribution in [0.25, 0.3) is 11.0 Å². The molecule has 0 saturated heterocycles. The fourth-order valence-electron chi connectivity index (χ4n) is 3.21. The molecule has 2 aromatic heterocycles. The Bertz CT molecular complexity index is 701. The Balaban J connectivity index is 1.97. The van der Waals surface area contributed by atoms with Gasteiger partial charge in [0.05, 0.1) is 11.8 Å². The standard InChI is InChI=1S/C13H16FN5O2/c1-6-2-7(3-8(6)13(20)18-21)19-5-16-11-9(19)4-10(14)17-12(11)15/h4-8,21H,2-3H2,1H3,(H2,15,17)(H,18,20)/t6-,7+,8-/m0/s1. The third-order valence-corrected chi connectivity index (χ3v) is 4.25. The van der Waals surface area contributed by atoms with Crippen LogP contribution >= 0.6 is 0 Å². The van der Waals surface area contributed by atoms with Gasteiger partial charge in [-0.1, -0.05) is 6.92 Å². The van der Waals surface area contributed by atoms with E-state index in [4.69, 9.17) is 10.9 Å². The van der Waals surface area contributed by atoms with Gasteiger partial charge in [-0.05, 0) is 18.8 Å². The van der Waals surface area contributed by atoms with Crippen molar-refractivity contribution in [1.29, 1.82) is 0 Å². The summed E-state index contributed by atoms with van der Waals surface area (Å²) in [7, 11) is 0. The molecule has 0 aromatic carbocycles. The molecule has 3 rings (SSSR count). The Morgan fingerprint density at radius 3 is 3.05 bits per heavy atom. The van der Waals surface area contributed by atoms with E-state index >= 15 is 0 Å². The van der Waals surface area contributed by atoms with E-state index in [2.05, 4.69) is 9.97 Å². The molecule has 0 radical (unpaired) electrons. The van der Waals surface area contributed by atoms with Crippen molar-refractivity contribution < 1.29 is 14.4 Å². The second kappa shape index (κ2) is 4.96. The number of nitrogens with zero attached hydrogens (tertiary/aromatic N) is 3. The zero-order chi connectivity index (χ0) is 15.1. The summed E-state index contributed by atoms with van der Waals surface area (Å²) in [5.74, 6) is -1.15. The van der Waals surface area contributed by atoms with E-state index in [1.807, 2.05) is 11.5 Å². The molecule has 0 bridgehead atoms. The van der Waals surface area contributed by atoms with Crippen LogP contribution in [-0.2, 0) is 4.79 Å². The van der Waals surface area contributed by atoms with Crippen LogP contribution in [0.5, 0.6) is 0 Å². The number of halogens is 1. The minimum atomic E-state index is -0.655. The number of nitrogens with two attached hydrogens (primary N) is 1. The van der Waals surface area contributed by atoms with Crippen LogP contribution in [-0.4, -0.2) is 25.6 Å². The quantitative estimate of drug-likeness (QED) is 0.439. The van der Waals surface area contributed by atoms with Gasteiger partial charge in [0.25, 0.3) is 0 Å². The number of anilines is 1. The molecule has 1 fully saturated rings. The normalized spacial score (nSPS) is 25.4. The summed E-state index contributed by atoms with van der Waals surface area (Å²) in [6.07, 6.45) is 2.90. The number of rotatable bonds is 2. The molecule has 1 saturated carbocycles. The van der Waals surface area contributed by atoms with E-state index in [0.29, 0.717) is 17.5 Å². The van der Waals surface area contributed by atoms with Gasteiger partial charge in [0.2, 0.25) is 11.9 Å². The molecule has 1 amide bonds. The van der Waals surface area contributed by atoms with Crippen LogP contribution in [0.15, 0.2) is 12.4 Å². The predicted octanol–water partition coefficient (Wildman–Crippen LogP) is 1.25. The third kappa shape index (κ3) is 2.21. The largest absolute Gasteiger partial charge is 0.382 e. The lowest BCUT2D eigenvalue weighted by Crippen LogP contribution is -2.29. The fourth-order valence-corrected chi connectivity index (χ4v) is 3.21. The first-order chi connectivity index (χ1) is 10.0. The summed E-state index contributed by atoms with van der Waals surface area (Å²) < 4.78 is 15.3. The van der Waals surface area contributed by atoms with E-state index < -0.39 is 5.95 Å². The minimum absolute atomic E-state index is 0.00787. The Morgan fingerprint density at radius 1 is 1.57 bits per heavy atom. The van der Waals surface area contributed by atoms with Gasteiger partial charge in [0.15, 0.2) is 5.82 Å². The summed E-state index contributed by atoms with van der Waals surface area (Å²) in [5.41, 5.74) is 8.40. The maximum Gasteiger partial charge on any atom is 0.246 e. The highest BCUT2D eigenvalue weighted by atomic mass is 19.1. The molecule has 0 aliphatic heterocycles. The lowest BCUT2D eigenvalue weighted by molar-refractivity contribution is -0.134. The molecule has 8 heteroatoms. The number of amides is 1. The molecular weight excluding hydrogens is 277 g/mol. The Kier molecular flexibility index (Phi) is 3.25. The number of carbonyl (C=O) groups excluding carboxylic acids is 1. The smallest absolute Gasteiger partial charge is 0.246 e. The Morgan fingerprint density at radius 2 is 2.33 bits per heavy atom. The molecule has 2 heterocycles. The first kappa shape index (κ1) is 13.7. The average molecular weight is 293 g/mol.